The zero-order valence-corrected chi connectivity index (χ0v) is 13.9. The van der Waals surface area contributed by atoms with Crippen molar-refractivity contribution in [3.05, 3.63) is 40.2 Å². The molecule has 2 aromatic rings. The van der Waals surface area contributed by atoms with E-state index in [4.69, 9.17) is 0 Å². The van der Waals surface area contributed by atoms with Gasteiger partial charge in [-0.25, -0.2) is 14.9 Å². The van der Waals surface area contributed by atoms with Crippen molar-refractivity contribution in [3.63, 3.8) is 0 Å². The summed E-state index contributed by atoms with van der Waals surface area (Å²) >= 11 is 0. The van der Waals surface area contributed by atoms with Gasteiger partial charge in [0.05, 0.1) is 5.56 Å². The third kappa shape index (κ3) is 3.64. The zero-order valence-electron chi connectivity index (χ0n) is 13.9. The maximum absolute atomic E-state index is 12.7. The van der Waals surface area contributed by atoms with Gasteiger partial charge in [0.1, 0.15) is 11.6 Å². The summed E-state index contributed by atoms with van der Waals surface area (Å²) in [7, 11) is 0. The van der Waals surface area contributed by atoms with Crippen molar-refractivity contribution >= 4 is 11.7 Å². The number of hydrogen-bond acceptors (Lipinski definition) is 5. The number of aromatic amines is 2. The van der Waals surface area contributed by atoms with Crippen molar-refractivity contribution in [3.8, 4) is 0 Å². The standard InChI is InChI=1S/C16H22N6O2/c1-10(2)18-13-6-5-11(8-17-13)15(23)22-7-3-4-12(9-22)14-19-16(24)21-20-14/h5-6,8,10,12H,3-4,7,9H2,1-2H3,(H,17,18)(H2,19,20,21,24). The molecule has 0 saturated carbocycles. The number of likely N-dealkylation sites (tertiary alicyclic amines) is 1. The summed E-state index contributed by atoms with van der Waals surface area (Å²) in [6.07, 6.45) is 3.39. The highest BCUT2D eigenvalue weighted by Gasteiger charge is 2.27. The van der Waals surface area contributed by atoms with Crippen LogP contribution in [0, 0.1) is 0 Å². The largest absolute Gasteiger partial charge is 0.368 e. The molecule has 1 saturated heterocycles. The fourth-order valence-electron chi connectivity index (χ4n) is 2.95. The zero-order chi connectivity index (χ0) is 17.1. The molecular formula is C16H22N6O2. The van der Waals surface area contributed by atoms with Gasteiger partial charge >= 0.3 is 5.69 Å². The summed E-state index contributed by atoms with van der Waals surface area (Å²) in [4.78, 5) is 32.7. The molecule has 0 aromatic carbocycles. The lowest BCUT2D eigenvalue weighted by atomic mass is 9.97. The molecule has 0 radical (unpaired) electrons. The van der Waals surface area contributed by atoms with Gasteiger partial charge in [-0.1, -0.05) is 0 Å². The highest BCUT2D eigenvalue weighted by Crippen LogP contribution is 2.24. The van der Waals surface area contributed by atoms with E-state index >= 15 is 0 Å². The minimum absolute atomic E-state index is 0.0406. The van der Waals surface area contributed by atoms with E-state index in [0.717, 1.165) is 18.7 Å². The van der Waals surface area contributed by atoms with E-state index in [1.165, 1.54) is 0 Å². The number of aromatic nitrogens is 4. The quantitative estimate of drug-likeness (QED) is 0.784. The van der Waals surface area contributed by atoms with Crippen LogP contribution in [0.15, 0.2) is 23.1 Å². The molecule has 3 N–H and O–H groups in total. The predicted molar refractivity (Wildman–Crippen MR) is 90.1 cm³/mol. The lowest BCUT2D eigenvalue weighted by Crippen LogP contribution is -2.39. The lowest BCUT2D eigenvalue weighted by Gasteiger charge is -2.31. The van der Waals surface area contributed by atoms with Crippen LogP contribution >= 0.6 is 0 Å². The molecule has 2 aromatic heterocycles. The molecule has 3 heterocycles. The molecule has 3 rings (SSSR count). The molecule has 8 heteroatoms. The van der Waals surface area contributed by atoms with Crippen LogP contribution in [0.3, 0.4) is 0 Å². The molecule has 8 nitrogen and oxygen atoms in total. The highest BCUT2D eigenvalue weighted by atomic mass is 16.2. The SMILES string of the molecule is CC(C)Nc1ccc(C(=O)N2CCCC(c3n[nH]c(=O)[nH]3)C2)cn1. The Labute approximate surface area is 139 Å². The first kappa shape index (κ1) is 16.2. The number of carbonyl (C=O) groups is 1. The first-order valence-corrected chi connectivity index (χ1v) is 8.19. The molecule has 1 aliphatic heterocycles. The van der Waals surface area contributed by atoms with Gasteiger partial charge in [-0.15, -0.1) is 0 Å². The number of anilines is 1. The third-order valence-electron chi connectivity index (χ3n) is 4.06. The summed E-state index contributed by atoms with van der Waals surface area (Å²) in [5.41, 5.74) is 0.256. The van der Waals surface area contributed by atoms with Crippen molar-refractivity contribution in [2.75, 3.05) is 18.4 Å². The van der Waals surface area contributed by atoms with Crippen LogP contribution in [-0.4, -0.2) is 50.1 Å². The van der Waals surface area contributed by atoms with E-state index in [1.54, 1.807) is 17.2 Å². The van der Waals surface area contributed by atoms with E-state index in [9.17, 15) is 9.59 Å². The fourth-order valence-corrected chi connectivity index (χ4v) is 2.95. The normalized spacial score (nSPS) is 18.0. The van der Waals surface area contributed by atoms with Crippen molar-refractivity contribution in [1.82, 2.24) is 25.1 Å². The van der Waals surface area contributed by atoms with Crippen LogP contribution in [0.4, 0.5) is 5.82 Å². The van der Waals surface area contributed by atoms with E-state index in [-0.39, 0.29) is 23.6 Å². The maximum Gasteiger partial charge on any atom is 0.340 e. The Morgan fingerprint density at radius 2 is 2.25 bits per heavy atom. The lowest BCUT2D eigenvalue weighted by molar-refractivity contribution is 0.0704. The van der Waals surface area contributed by atoms with Gasteiger partial charge < -0.3 is 10.2 Å². The topological polar surface area (TPSA) is 107 Å². The predicted octanol–water partition coefficient (Wildman–Crippen LogP) is 1.33. The van der Waals surface area contributed by atoms with Gasteiger partial charge in [0.15, 0.2) is 0 Å². The van der Waals surface area contributed by atoms with Crippen LogP contribution in [0.2, 0.25) is 0 Å². The average molecular weight is 330 g/mol. The number of amides is 1. The average Bonchev–Trinajstić information content (AvgIpc) is 3.01. The Morgan fingerprint density at radius 1 is 1.42 bits per heavy atom. The summed E-state index contributed by atoms with van der Waals surface area (Å²) in [6.45, 7) is 5.32. The number of nitrogens with zero attached hydrogens (tertiary/aromatic N) is 3. The Kier molecular flexibility index (Phi) is 4.64. The molecule has 1 aliphatic rings. The maximum atomic E-state index is 12.7. The number of H-pyrrole nitrogens is 2. The Balaban J connectivity index is 1.69. The second kappa shape index (κ2) is 6.86. The van der Waals surface area contributed by atoms with Crippen molar-refractivity contribution in [2.45, 2.75) is 38.6 Å². The minimum Gasteiger partial charge on any atom is -0.368 e. The van der Waals surface area contributed by atoms with Gasteiger partial charge in [0.25, 0.3) is 5.91 Å². The second-order valence-corrected chi connectivity index (χ2v) is 6.38. The molecule has 1 amide bonds. The monoisotopic (exact) mass is 330 g/mol. The van der Waals surface area contributed by atoms with Crippen LogP contribution in [0.25, 0.3) is 0 Å². The summed E-state index contributed by atoms with van der Waals surface area (Å²) in [6, 6.07) is 3.90. The first-order valence-electron chi connectivity index (χ1n) is 8.19. The van der Waals surface area contributed by atoms with Crippen LogP contribution in [0.1, 0.15) is 48.8 Å². The smallest absolute Gasteiger partial charge is 0.340 e. The number of piperidine rings is 1. The number of hydrogen-bond donors (Lipinski definition) is 3. The van der Waals surface area contributed by atoms with Gasteiger partial charge in [0.2, 0.25) is 0 Å². The molecule has 24 heavy (non-hydrogen) atoms. The van der Waals surface area contributed by atoms with Crippen molar-refractivity contribution < 1.29 is 4.79 Å². The van der Waals surface area contributed by atoms with Gasteiger partial charge in [0, 0.05) is 31.2 Å². The summed E-state index contributed by atoms with van der Waals surface area (Å²) in [5.74, 6) is 1.39. The van der Waals surface area contributed by atoms with Crippen molar-refractivity contribution in [1.29, 1.82) is 0 Å². The number of nitrogens with one attached hydrogen (secondary N) is 3. The minimum atomic E-state index is -0.314. The molecule has 128 valence electrons. The molecule has 0 aliphatic carbocycles. The first-order chi connectivity index (χ1) is 11.5. The van der Waals surface area contributed by atoms with Crippen LogP contribution in [0.5, 0.6) is 0 Å². The summed E-state index contributed by atoms with van der Waals surface area (Å²) < 4.78 is 0. The molecule has 1 fully saturated rings. The third-order valence-corrected chi connectivity index (χ3v) is 4.06. The molecular weight excluding hydrogens is 308 g/mol. The van der Waals surface area contributed by atoms with Crippen LogP contribution < -0.4 is 11.0 Å². The van der Waals surface area contributed by atoms with Gasteiger partial charge in [-0.05, 0) is 38.8 Å². The Morgan fingerprint density at radius 3 is 2.88 bits per heavy atom. The summed E-state index contributed by atoms with van der Waals surface area (Å²) in [5, 5.41) is 9.58. The van der Waals surface area contributed by atoms with Crippen LogP contribution in [-0.2, 0) is 0 Å². The van der Waals surface area contributed by atoms with E-state index in [2.05, 4.69) is 25.5 Å². The van der Waals surface area contributed by atoms with Crippen molar-refractivity contribution in [2.24, 2.45) is 0 Å². The fraction of sp³-hybridized carbons (Fsp3) is 0.500. The molecule has 1 atom stereocenters. The second-order valence-electron chi connectivity index (χ2n) is 6.38. The van der Waals surface area contributed by atoms with E-state index < -0.39 is 0 Å². The molecule has 0 spiro atoms. The number of rotatable bonds is 4. The number of pyridine rings is 1. The van der Waals surface area contributed by atoms with E-state index in [0.29, 0.717) is 24.5 Å². The Hall–Kier alpha value is -2.64. The number of carbonyl (C=O) groups excluding carboxylic acids is 1. The van der Waals surface area contributed by atoms with Gasteiger partial charge in [-0.2, -0.15) is 5.10 Å². The van der Waals surface area contributed by atoms with E-state index in [1.807, 2.05) is 19.9 Å². The Bertz CT molecular complexity index is 748. The molecule has 0 bridgehead atoms. The van der Waals surface area contributed by atoms with Gasteiger partial charge in [-0.3, -0.25) is 9.78 Å². The highest BCUT2D eigenvalue weighted by molar-refractivity contribution is 5.94. The molecule has 1 unspecified atom stereocenters.